The van der Waals surface area contributed by atoms with Crippen molar-refractivity contribution >= 4 is 11.6 Å². The number of halogens is 3. The van der Waals surface area contributed by atoms with Crippen molar-refractivity contribution in [1.82, 2.24) is 14.7 Å². The molecule has 0 aliphatic carbocycles. The van der Waals surface area contributed by atoms with Crippen LogP contribution in [0.5, 0.6) is 5.75 Å². The van der Waals surface area contributed by atoms with Crippen LogP contribution in [0.4, 0.5) is 13.2 Å². The number of alkyl halides is 2. The van der Waals surface area contributed by atoms with Gasteiger partial charge in [-0.3, -0.25) is 9.20 Å². The van der Waals surface area contributed by atoms with Crippen molar-refractivity contribution < 1.29 is 27.4 Å². The van der Waals surface area contributed by atoms with E-state index in [1.54, 1.807) is 40.9 Å². The van der Waals surface area contributed by atoms with Gasteiger partial charge in [-0.15, -0.1) is 0 Å². The molecule has 2 aromatic heterocycles. The number of amides is 1. The highest BCUT2D eigenvalue weighted by atomic mass is 19.3. The van der Waals surface area contributed by atoms with E-state index in [2.05, 4.69) is 10.3 Å². The molecule has 0 radical (unpaired) electrons. The van der Waals surface area contributed by atoms with Gasteiger partial charge >= 0.3 is 6.61 Å². The number of nitrogens with one attached hydrogen (secondary N) is 1. The molecular formula is C26H22F3N3O3. The summed E-state index contributed by atoms with van der Waals surface area (Å²) >= 11 is 0. The third-order valence-corrected chi connectivity index (χ3v) is 5.92. The fourth-order valence-corrected chi connectivity index (χ4v) is 4.32. The maximum Gasteiger partial charge on any atom is 0.387 e. The number of para-hydroxylation sites is 1. The molecule has 0 unspecified atom stereocenters. The van der Waals surface area contributed by atoms with Gasteiger partial charge in [0.25, 0.3) is 0 Å². The number of carbonyl (C=O) groups excluding carboxylic acids is 1. The fourth-order valence-electron chi connectivity index (χ4n) is 4.32. The monoisotopic (exact) mass is 481 g/mol. The zero-order valence-corrected chi connectivity index (χ0v) is 18.8. The van der Waals surface area contributed by atoms with Gasteiger partial charge < -0.3 is 14.8 Å². The third kappa shape index (κ3) is 4.59. The number of hydrogen-bond acceptors (Lipinski definition) is 4. The van der Waals surface area contributed by atoms with E-state index in [0.717, 1.165) is 11.3 Å². The van der Waals surface area contributed by atoms with Crippen LogP contribution in [0.2, 0.25) is 0 Å². The molecule has 0 saturated carbocycles. The topological polar surface area (TPSA) is 64.9 Å². The van der Waals surface area contributed by atoms with Crippen molar-refractivity contribution in [2.45, 2.75) is 32.6 Å². The molecule has 3 heterocycles. The predicted molar refractivity (Wildman–Crippen MR) is 123 cm³/mol. The first-order valence-electron chi connectivity index (χ1n) is 11.1. The molecule has 1 atom stereocenters. The number of imidazole rings is 1. The van der Waals surface area contributed by atoms with Crippen LogP contribution in [0, 0.1) is 5.82 Å². The van der Waals surface area contributed by atoms with Gasteiger partial charge in [-0.25, -0.2) is 9.37 Å². The highest BCUT2D eigenvalue weighted by molar-refractivity contribution is 5.73. The molecule has 1 amide bonds. The number of rotatable bonds is 6. The summed E-state index contributed by atoms with van der Waals surface area (Å²) in [6.45, 7) is -0.809. The number of nitrogens with zero attached hydrogens (tertiary/aromatic N) is 2. The van der Waals surface area contributed by atoms with Crippen molar-refractivity contribution in [3.63, 3.8) is 0 Å². The van der Waals surface area contributed by atoms with Crippen LogP contribution >= 0.6 is 0 Å². The number of carbonyl (C=O) groups is 1. The Morgan fingerprint density at radius 1 is 1.23 bits per heavy atom. The van der Waals surface area contributed by atoms with E-state index >= 15 is 4.39 Å². The van der Waals surface area contributed by atoms with E-state index in [9.17, 15) is 13.6 Å². The van der Waals surface area contributed by atoms with Crippen molar-refractivity contribution in [3.8, 4) is 16.9 Å². The van der Waals surface area contributed by atoms with E-state index in [-0.39, 0.29) is 11.7 Å². The van der Waals surface area contributed by atoms with E-state index in [1.165, 1.54) is 19.1 Å². The van der Waals surface area contributed by atoms with Gasteiger partial charge in [-0.05, 0) is 17.2 Å². The third-order valence-electron chi connectivity index (χ3n) is 5.92. The zero-order valence-electron chi connectivity index (χ0n) is 18.8. The van der Waals surface area contributed by atoms with Gasteiger partial charge in [0, 0.05) is 43.3 Å². The summed E-state index contributed by atoms with van der Waals surface area (Å²) in [5.74, 6) is -0.548. The van der Waals surface area contributed by atoms with E-state index in [0.29, 0.717) is 47.6 Å². The SMILES string of the molecule is CC(=O)NCc1ccc(-c2cn3c4c(nc3cc2F)CCO[C@@H]4c2ccccc2OC(F)F)cc1. The Bertz CT molecular complexity index is 1390. The summed E-state index contributed by atoms with van der Waals surface area (Å²) in [6, 6.07) is 15.0. The summed E-state index contributed by atoms with van der Waals surface area (Å²) in [5, 5.41) is 2.73. The average molecular weight is 481 g/mol. The lowest BCUT2D eigenvalue weighted by Crippen LogP contribution is -2.20. The molecule has 0 bridgehead atoms. The van der Waals surface area contributed by atoms with E-state index in [4.69, 9.17) is 9.47 Å². The van der Waals surface area contributed by atoms with Crippen molar-refractivity contribution in [3.05, 3.63) is 89.1 Å². The number of benzene rings is 2. The molecule has 35 heavy (non-hydrogen) atoms. The Morgan fingerprint density at radius 3 is 2.74 bits per heavy atom. The van der Waals surface area contributed by atoms with Crippen LogP contribution in [0.15, 0.2) is 60.8 Å². The lowest BCUT2D eigenvalue weighted by atomic mass is 10.0. The maximum absolute atomic E-state index is 15.1. The van der Waals surface area contributed by atoms with Crippen LogP contribution in [0.1, 0.15) is 35.5 Å². The average Bonchev–Trinajstić information content (AvgIpc) is 3.20. The summed E-state index contributed by atoms with van der Waals surface area (Å²) in [7, 11) is 0. The molecule has 9 heteroatoms. The van der Waals surface area contributed by atoms with Crippen LogP contribution < -0.4 is 10.1 Å². The second-order valence-corrected chi connectivity index (χ2v) is 8.23. The minimum absolute atomic E-state index is 0.0207. The molecule has 1 aliphatic heterocycles. The van der Waals surface area contributed by atoms with E-state index in [1.807, 2.05) is 12.1 Å². The highest BCUT2D eigenvalue weighted by Crippen LogP contribution is 2.39. The summed E-state index contributed by atoms with van der Waals surface area (Å²) < 4.78 is 53.6. The maximum atomic E-state index is 15.1. The van der Waals surface area contributed by atoms with Gasteiger partial charge in [-0.2, -0.15) is 8.78 Å². The zero-order chi connectivity index (χ0) is 24.5. The predicted octanol–water partition coefficient (Wildman–Crippen LogP) is 5.04. The van der Waals surface area contributed by atoms with Gasteiger partial charge in [0.15, 0.2) is 0 Å². The number of aromatic nitrogens is 2. The first kappa shape index (κ1) is 22.9. The molecule has 1 N–H and O–H groups in total. The number of hydrogen-bond donors (Lipinski definition) is 1. The lowest BCUT2D eigenvalue weighted by molar-refractivity contribution is -0.119. The Labute approximate surface area is 199 Å². The van der Waals surface area contributed by atoms with E-state index < -0.39 is 18.5 Å². The van der Waals surface area contributed by atoms with Gasteiger partial charge in [-0.1, -0.05) is 42.5 Å². The first-order valence-corrected chi connectivity index (χ1v) is 11.1. The molecule has 5 rings (SSSR count). The second-order valence-electron chi connectivity index (χ2n) is 8.23. The number of pyridine rings is 1. The molecule has 0 fully saturated rings. The minimum Gasteiger partial charge on any atom is -0.434 e. The lowest BCUT2D eigenvalue weighted by Gasteiger charge is -2.25. The summed E-state index contributed by atoms with van der Waals surface area (Å²) in [5.41, 5.74) is 4.10. The standard InChI is InChI=1S/C26H22F3N3O3/c1-15(33)30-13-16-6-8-17(9-7-16)19-14-32-23(12-20(19)27)31-21-10-11-34-25(24(21)32)18-4-2-3-5-22(18)35-26(28)29/h2-9,12,14,25-26H,10-11,13H2,1H3,(H,30,33)/t25-/m1/s1. The molecule has 1 aliphatic rings. The molecule has 6 nitrogen and oxygen atoms in total. The van der Waals surface area contributed by atoms with Crippen LogP contribution in [-0.4, -0.2) is 28.5 Å². The fraction of sp³-hybridized carbons (Fsp3) is 0.231. The quantitative estimate of drug-likeness (QED) is 0.419. The summed E-state index contributed by atoms with van der Waals surface area (Å²) in [6.07, 6.45) is 1.46. The van der Waals surface area contributed by atoms with Crippen molar-refractivity contribution in [2.75, 3.05) is 6.61 Å². The Kier molecular flexibility index (Phi) is 6.17. The molecule has 4 aromatic rings. The summed E-state index contributed by atoms with van der Waals surface area (Å²) in [4.78, 5) is 15.7. The largest absolute Gasteiger partial charge is 0.434 e. The normalized spacial score (nSPS) is 15.3. The molecule has 0 spiro atoms. The Hall–Kier alpha value is -3.85. The highest BCUT2D eigenvalue weighted by Gasteiger charge is 2.31. The van der Waals surface area contributed by atoms with Gasteiger partial charge in [0.2, 0.25) is 5.91 Å². The molecule has 2 aromatic carbocycles. The molecular weight excluding hydrogens is 459 g/mol. The van der Waals surface area contributed by atoms with Crippen LogP contribution in [-0.2, 0) is 22.5 Å². The number of ether oxygens (including phenoxy) is 2. The van der Waals surface area contributed by atoms with Crippen LogP contribution in [0.25, 0.3) is 16.8 Å². The minimum atomic E-state index is -2.98. The van der Waals surface area contributed by atoms with Gasteiger partial charge in [0.1, 0.15) is 23.3 Å². The van der Waals surface area contributed by atoms with Crippen molar-refractivity contribution in [2.24, 2.45) is 0 Å². The van der Waals surface area contributed by atoms with Crippen LogP contribution in [0.3, 0.4) is 0 Å². The second kappa shape index (κ2) is 9.42. The van der Waals surface area contributed by atoms with Gasteiger partial charge in [0.05, 0.1) is 18.0 Å². The first-order chi connectivity index (χ1) is 16.9. The Balaban J connectivity index is 1.57. The number of fused-ring (bicyclic) bond motifs is 3. The molecule has 180 valence electrons. The molecule has 0 saturated heterocycles. The Morgan fingerprint density at radius 2 is 2.00 bits per heavy atom. The van der Waals surface area contributed by atoms with Crippen molar-refractivity contribution in [1.29, 1.82) is 0 Å². The smallest absolute Gasteiger partial charge is 0.387 e.